The maximum absolute atomic E-state index is 13.3. The van der Waals surface area contributed by atoms with Gasteiger partial charge in [0.1, 0.15) is 17.9 Å². The summed E-state index contributed by atoms with van der Waals surface area (Å²) < 4.78 is 17.9. The number of amides is 2. The van der Waals surface area contributed by atoms with Crippen molar-refractivity contribution in [3.05, 3.63) is 48.3 Å². The van der Waals surface area contributed by atoms with Crippen molar-refractivity contribution in [3.63, 3.8) is 0 Å². The van der Waals surface area contributed by atoms with Crippen LogP contribution in [0.3, 0.4) is 0 Å². The van der Waals surface area contributed by atoms with E-state index in [1.165, 1.54) is 38.3 Å². The van der Waals surface area contributed by atoms with Gasteiger partial charge in [-0.05, 0) is 24.1 Å². The average Bonchev–Trinajstić information content (AvgIpc) is 2.52. The van der Waals surface area contributed by atoms with Crippen molar-refractivity contribution in [2.24, 2.45) is 0 Å². The molecule has 0 heterocycles. The molecule has 0 aromatic heterocycles. The summed E-state index contributed by atoms with van der Waals surface area (Å²) in [6.45, 7) is 4.80. The summed E-state index contributed by atoms with van der Waals surface area (Å²) in [7, 11) is 1.21. The lowest BCUT2D eigenvalue weighted by Crippen LogP contribution is -2.52. The van der Waals surface area contributed by atoms with E-state index in [1.807, 2.05) is 0 Å². The topological polar surface area (TPSA) is 84.5 Å². The van der Waals surface area contributed by atoms with Crippen LogP contribution in [0.15, 0.2) is 36.9 Å². The first-order chi connectivity index (χ1) is 11.4. The van der Waals surface area contributed by atoms with Crippen LogP contribution in [-0.2, 0) is 25.5 Å². The average molecular weight is 336 g/mol. The summed E-state index contributed by atoms with van der Waals surface area (Å²) in [4.78, 5) is 35.4. The van der Waals surface area contributed by atoms with Gasteiger partial charge in [0.2, 0.25) is 11.8 Å². The van der Waals surface area contributed by atoms with Crippen LogP contribution in [0.5, 0.6) is 0 Å². The van der Waals surface area contributed by atoms with Gasteiger partial charge in [-0.2, -0.15) is 0 Å². The Morgan fingerprint density at radius 2 is 2.00 bits per heavy atom. The smallest absolute Gasteiger partial charge is 0.328 e. The molecular formula is C17H21FN2O4. The molecule has 2 amide bonds. The molecule has 0 aliphatic heterocycles. The first-order valence-electron chi connectivity index (χ1n) is 7.38. The van der Waals surface area contributed by atoms with Crippen molar-refractivity contribution >= 4 is 17.8 Å². The normalized spacial score (nSPS) is 12.6. The van der Waals surface area contributed by atoms with Gasteiger partial charge in [-0.15, -0.1) is 6.58 Å². The Morgan fingerprint density at radius 3 is 2.54 bits per heavy atom. The third-order valence-corrected chi connectivity index (χ3v) is 3.23. The van der Waals surface area contributed by atoms with Crippen LogP contribution in [0.4, 0.5) is 4.39 Å². The SMILES string of the molecule is C=CC[C@H](NC(=O)[C@H](Cc1cccc(F)c1)NC(C)=O)C(=O)OC. The molecule has 0 radical (unpaired) electrons. The number of carbonyl (C=O) groups is 3. The molecule has 0 saturated heterocycles. The van der Waals surface area contributed by atoms with Crippen molar-refractivity contribution in [1.29, 1.82) is 0 Å². The number of esters is 1. The van der Waals surface area contributed by atoms with E-state index in [0.717, 1.165) is 0 Å². The van der Waals surface area contributed by atoms with Crippen LogP contribution >= 0.6 is 0 Å². The molecule has 1 aromatic carbocycles. The summed E-state index contributed by atoms with van der Waals surface area (Å²) in [6, 6.07) is 3.89. The van der Waals surface area contributed by atoms with Crippen LogP contribution in [0.2, 0.25) is 0 Å². The molecule has 0 fully saturated rings. The molecule has 6 nitrogen and oxygen atoms in total. The Balaban J connectivity index is 2.89. The Kier molecular flexibility index (Phi) is 7.61. The minimum atomic E-state index is -0.943. The molecular weight excluding hydrogens is 315 g/mol. The van der Waals surface area contributed by atoms with E-state index in [4.69, 9.17) is 0 Å². The minimum Gasteiger partial charge on any atom is -0.467 e. The number of carbonyl (C=O) groups excluding carboxylic acids is 3. The summed E-state index contributed by atoms with van der Waals surface area (Å²) in [5.74, 6) is -2.03. The highest BCUT2D eigenvalue weighted by Gasteiger charge is 2.26. The van der Waals surface area contributed by atoms with Crippen molar-refractivity contribution in [2.45, 2.75) is 31.8 Å². The van der Waals surface area contributed by atoms with Gasteiger partial charge in [-0.3, -0.25) is 9.59 Å². The molecule has 130 valence electrons. The predicted molar refractivity (Wildman–Crippen MR) is 86.5 cm³/mol. The Morgan fingerprint density at radius 1 is 1.29 bits per heavy atom. The lowest BCUT2D eigenvalue weighted by Gasteiger charge is -2.21. The summed E-state index contributed by atoms with van der Waals surface area (Å²) >= 11 is 0. The van der Waals surface area contributed by atoms with E-state index < -0.39 is 35.7 Å². The third-order valence-electron chi connectivity index (χ3n) is 3.23. The van der Waals surface area contributed by atoms with Crippen LogP contribution in [0, 0.1) is 5.82 Å². The predicted octanol–water partition coefficient (Wildman–Crippen LogP) is 1.11. The fraction of sp³-hybridized carbons (Fsp3) is 0.353. The first-order valence-corrected chi connectivity index (χ1v) is 7.38. The fourth-order valence-electron chi connectivity index (χ4n) is 2.15. The molecule has 2 atom stereocenters. The van der Waals surface area contributed by atoms with Crippen molar-refractivity contribution in [2.75, 3.05) is 7.11 Å². The van der Waals surface area contributed by atoms with Gasteiger partial charge in [0, 0.05) is 13.3 Å². The molecule has 0 saturated carbocycles. The van der Waals surface area contributed by atoms with E-state index in [0.29, 0.717) is 5.56 Å². The van der Waals surface area contributed by atoms with E-state index in [9.17, 15) is 18.8 Å². The highest BCUT2D eigenvalue weighted by Crippen LogP contribution is 2.08. The second-order valence-electron chi connectivity index (χ2n) is 5.20. The number of hydrogen-bond acceptors (Lipinski definition) is 4. The first kappa shape index (κ1) is 19.3. The maximum Gasteiger partial charge on any atom is 0.328 e. The summed E-state index contributed by atoms with van der Waals surface area (Å²) in [5.41, 5.74) is 0.544. The zero-order valence-electron chi connectivity index (χ0n) is 13.7. The van der Waals surface area contributed by atoms with Gasteiger partial charge in [0.15, 0.2) is 0 Å². The number of benzene rings is 1. The van der Waals surface area contributed by atoms with Crippen molar-refractivity contribution in [3.8, 4) is 0 Å². The number of halogens is 1. The Hall–Kier alpha value is -2.70. The quantitative estimate of drug-likeness (QED) is 0.550. The fourth-order valence-corrected chi connectivity index (χ4v) is 2.15. The highest BCUT2D eigenvalue weighted by molar-refractivity contribution is 5.90. The van der Waals surface area contributed by atoms with E-state index >= 15 is 0 Å². The number of nitrogens with one attached hydrogen (secondary N) is 2. The largest absolute Gasteiger partial charge is 0.467 e. The van der Waals surface area contributed by atoms with Crippen LogP contribution < -0.4 is 10.6 Å². The molecule has 0 aliphatic rings. The molecule has 1 rings (SSSR count). The summed E-state index contributed by atoms with van der Waals surface area (Å²) in [5, 5.41) is 5.02. The monoisotopic (exact) mass is 336 g/mol. The van der Waals surface area contributed by atoms with Gasteiger partial charge in [0.05, 0.1) is 7.11 Å². The Bertz CT molecular complexity index is 618. The molecule has 0 aliphatic carbocycles. The number of rotatable bonds is 8. The second-order valence-corrected chi connectivity index (χ2v) is 5.20. The standard InChI is InChI=1S/C17H21FN2O4/c1-4-6-14(17(23)24-3)20-16(22)15(19-11(2)21)10-12-7-5-8-13(18)9-12/h4-5,7-9,14-15H,1,6,10H2,2-3H3,(H,19,21)(H,20,22)/t14-,15-/m0/s1. The minimum absolute atomic E-state index is 0.0884. The van der Waals surface area contributed by atoms with Crippen LogP contribution in [-0.4, -0.2) is 37.0 Å². The lowest BCUT2D eigenvalue weighted by molar-refractivity contribution is -0.145. The number of hydrogen-bond donors (Lipinski definition) is 2. The second kappa shape index (κ2) is 9.44. The third kappa shape index (κ3) is 6.20. The van der Waals surface area contributed by atoms with Gasteiger partial charge >= 0.3 is 5.97 Å². The molecule has 0 unspecified atom stereocenters. The highest BCUT2D eigenvalue weighted by atomic mass is 19.1. The van der Waals surface area contributed by atoms with Gasteiger partial charge in [-0.1, -0.05) is 18.2 Å². The molecule has 0 bridgehead atoms. The molecule has 1 aromatic rings. The van der Waals surface area contributed by atoms with Gasteiger partial charge in [-0.25, -0.2) is 9.18 Å². The molecule has 7 heteroatoms. The van der Waals surface area contributed by atoms with E-state index in [-0.39, 0.29) is 12.8 Å². The lowest BCUT2D eigenvalue weighted by atomic mass is 10.0. The molecule has 0 spiro atoms. The van der Waals surface area contributed by atoms with Crippen LogP contribution in [0.1, 0.15) is 18.9 Å². The van der Waals surface area contributed by atoms with E-state index in [2.05, 4.69) is 21.9 Å². The number of methoxy groups -OCH3 is 1. The molecule has 2 N–H and O–H groups in total. The maximum atomic E-state index is 13.3. The Labute approximate surface area is 140 Å². The number of ether oxygens (including phenoxy) is 1. The summed E-state index contributed by atoms with van der Waals surface area (Å²) in [6.07, 6.45) is 1.75. The van der Waals surface area contributed by atoms with E-state index in [1.54, 1.807) is 6.07 Å². The van der Waals surface area contributed by atoms with Crippen LogP contribution in [0.25, 0.3) is 0 Å². The molecule has 24 heavy (non-hydrogen) atoms. The van der Waals surface area contributed by atoms with Crippen molar-refractivity contribution < 1.29 is 23.5 Å². The zero-order chi connectivity index (χ0) is 18.1. The zero-order valence-corrected chi connectivity index (χ0v) is 13.7. The van der Waals surface area contributed by atoms with Gasteiger partial charge < -0.3 is 15.4 Å². The van der Waals surface area contributed by atoms with Crippen molar-refractivity contribution in [1.82, 2.24) is 10.6 Å². The van der Waals surface area contributed by atoms with Gasteiger partial charge in [0.25, 0.3) is 0 Å².